The Morgan fingerprint density at radius 2 is 1.60 bits per heavy atom. The molecule has 4 aromatic carbocycles. The summed E-state index contributed by atoms with van der Waals surface area (Å²) >= 11 is 0. The number of nitrogens with one attached hydrogen (secondary N) is 2. The van der Waals surface area contributed by atoms with Gasteiger partial charge in [0.05, 0.1) is 10.4 Å². The van der Waals surface area contributed by atoms with Gasteiger partial charge < -0.3 is 9.84 Å². The van der Waals surface area contributed by atoms with Gasteiger partial charge in [0.25, 0.3) is 0 Å². The molecule has 0 heterocycles. The van der Waals surface area contributed by atoms with Gasteiger partial charge in [-0.1, -0.05) is 73.7 Å². The maximum Gasteiger partial charge on any atom is 0.418 e. The summed E-state index contributed by atoms with van der Waals surface area (Å²) in [5.41, 5.74) is 1.68. The first-order chi connectivity index (χ1) is 20.4. The van der Waals surface area contributed by atoms with Crippen LogP contribution in [0.3, 0.4) is 0 Å². The van der Waals surface area contributed by atoms with Gasteiger partial charge in [-0.25, -0.2) is 23.1 Å². The summed E-state index contributed by atoms with van der Waals surface area (Å²) in [7, 11) is -3.96. The summed E-state index contributed by atoms with van der Waals surface area (Å²) in [5, 5.41) is 26.5. The zero-order valence-electron chi connectivity index (χ0n) is 23.7. The number of carbonyl (C=O) groups excluding carboxylic acids is 1. The normalized spacial score (nSPS) is 12.5. The van der Waals surface area contributed by atoms with Crippen LogP contribution >= 0.6 is 0 Å². The molecule has 0 spiro atoms. The number of carboxylic acid groups (broad SMARTS) is 1. The number of para-hydroxylation sites is 1. The third-order valence-electron chi connectivity index (χ3n) is 7.10. The van der Waals surface area contributed by atoms with Gasteiger partial charge in [-0.15, -0.1) is 0 Å². The maximum absolute atomic E-state index is 12.6. The van der Waals surface area contributed by atoms with E-state index in [4.69, 9.17) is 15.3 Å². The van der Waals surface area contributed by atoms with Crippen LogP contribution < -0.4 is 20.1 Å². The van der Waals surface area contributed by atoms with E-state index in [-0.39, 0.29) is 10.7 Å². The zero-order chi connectivity index (χ0) is 31.2. The van der Waals surface area contributed by atoms with E-state index in [1.54, 1.807) is 91.0 Å². The highest BCUT2D eigenvalue weighted by atomic mass is 32.2. The lowest BCUT2D eigenvalue weighted by atomic mass is 9.87. The van der Waals surface area contributed by atoms with Gasteiger partial charge in [-0.2, -0.15) is 0 Å². The van der Waals surface area contributed by atoms with Crippen LogP contribution in [0.4, 0.5) is 15.3 Å². The Morgan fingerprint density at radius 3 is 2.23 bits per heavy atom. The smallest absolute Gasteiger partial charge is 0.418 e. The number of benzene rings is 4. The Balaban J connectivity index is 1.56. The van der Waals surface area contributed by atoms with Crippen molar-refractivity contribution in [1.29, 1.82) is 5.41 Å². The van der Waals surface area contributed by atoms with Crippen molar-refractivity contribution in [3.05, 3.63) is 114 Å². The molecular formula is C32H32N4O6S. The third-order valence-corrected chi connectivity index (χ3v) is 8.07. The lowest BCUT2D eigenvalue weighted by Crippen LogP contribution is -2.51. The van der Waals surface area contributed by atoms with Gasteiger partial charge in [0.15, 0.2) is 0 Å². The minimum absolute atomic E-state index is 0.0236. The molecule has 10 nitrogen and oxygen atoms in total. The molecular weight excluding hydrogens is 568 g/mol. The Hall–Kier alpha value is -5.00. The SMILES string of the molecule is CCC(C)(Cc1cccc(C(=N)NC(=O)Oc2ccccc2)c1)N(C(=O)O)c1ccc(-c2ccccc2S(N)(=O)=O)cc1. The number of ether oxygens (including phenoxy) is 1. The number of carbonyl (C=O) groups is 2. The number of amides is 2. The summed E-state index contributed by atoms with van der Waals surface area (Å²) in [4.78, 5) is 26.2. The molecule has 0 saturated heterocycles. The van der Waals surface area contributed by atoms with Crippen molar-refractivity contribution in [3.63, 3.8) is 0 Å². The largest absolute Gasteiger partial charge is 0.465 e. The second kappa shape index (κ2) is 12.9. The van der Waals surface area contributed by atoms with Crippen molar-refractivity contribution < 1.29 is 27.9 Å². The van der Waals surface area contributed by atoms with E-state index in [9.17, 15) is 23.1 Å². The first-order valence-corrected chi connectivity index (χ1v) is 14.9. The molecule has 0 aliphatic carbocycles. The summed E-state index contributed by atoms with van der Waals surface area (Å²) in [6, 6.07) is 28.4. The van der Waals surface area contributed by atoms with Gasteiger partial charge in [-0.3, -0.25) is 15.6 Å². The number of hydrogen-bond donors (Lipinski definition) is 4. The molecule has 0 radical (unpaired) electrons. The fourth-order valence-corrected chi connectivity index (χ4v) is 5.59. The van der Waals surface area contributed by atoms with Crippen LogP contribution in [0.2, 0.25) is 0 Å². The van der Waals surface area contributed by atoms with E-state index in [1.807, 2.05) is 19.9 Å². The van der Waals surface area contributed by atoms with Crippen LogP contribution in [0.1, 0.15) is 31.4 Å². The van der Waals surface area contributed by atoms with E-state index in [2.05, 4.69) is 5.32 Å². The number of hydrogen-bond acceptors (Lipinski definition) is 6. The molecule has 11 heteroatoms. The van der Waals surface area contributed by atoms with Gasteiger partial charge in [0.1, 0.15) is 11.6 Å². The molecule has 0 fully saturated rings. The van der Waals surface area contributed by atoms with Gasteiger partial charge >= 0.3 is 12.2 Å². The molecule has 0 aliphatic rings. The Morgan fingerprint density at radius 1 is 0.953 bits per heavy atom. The monoisotopic (exact) mass is 600 g/mol. The van der Waals surface area contributed by atoms with Crippen LogP contribution in [0.15, 0.2) is 108 Å². The van der Waals surface area contributed by atoms with Crippen LogP contribution in [-0.4, -0.2) is 37.1 Å². The minimum Gasteiger partial charge on any atom is -0.465 e. The first kappa shape index (κ1) is 30.9. The standard InChI is InChI=1S/C32H32N4O6S/c1-3-32(2,21-22-10-9-11-24(20-22)29(33)35-30(37)42-26-12-5-4-6-13-26)36(31(38)39)25-18-16-23(17-19-25)27-14-7-8-15-28(27)43(34,40)41/h4-20H,3,21H2,1-2H3,(H,38,39)(H2,33,35,37)(H2,34,40,41). The topological polar surface area (TPSA) is 163 Å². The molecule has 222 valence electrons. The van der Waals surface area contributed by atoms with Crippen molar-refractivity contribution in [2.24, 2.45) is 5.14 Å². The molecule has 0 saturated carbocycles. The lowest BCUT2D eigenvalue weighted by molar-refractivity contribution is 0.192. The van der Waals surface area contributed by atoms with E-state index in [1.165, 1.54) is 11.0 Å². The van der Waals surface area contributed by atoms with Gasteiger partial charge in [0.2, 0.25) is 10.0 Å². The van der Waals surface area contributed by atoms with Crippen molar-refractivity contribution in [1.82, 2.24) is 5.32 Å². The van der Waals surface area contributed by atoms with Gasteiger partial charge in [0, 0.05) is 16.8 Å². The predicted molar refractivity (Wildman–Crippen MR) is 165 cm³/mol. The molecule has 2 amide bonds. The predicted octanol–water partition coefficient (Wildman–Crippen LogP) is 6.01. The van der Waals surface area contributed by atoms with E-state index in [0.717, 1.165) is 5.56 Å². The van der Waals surface area contributed by atoms with Crippen LogP contribution in [0.25, 0.3) is 11.1 Å². The fraction of sp³-hybridized carbons (Fsp3) is 0.156. The van der Waals surface area contributed by atoms with Crippen LogP contribution in [0, 0.1) is 5.41 Å². The Kier molecular flexibility index (Phi) is 9.27. The molecule has 43 heavy (non-hydrogen) atoms. The number of sulfonamides is 1. The Bertz CT molecular complexity index is 1740. The Labute approximate surface area is 250 Å². The van der Waals surface area contributed by atoms with Crippen molar-refractivity contribution in [2.75, 3.05) is 4.90 Å². The van der Waals surface area contributed by atoms with E-state index >= 15 is 0 Å². The van der Waals surface area contributed by atoms with Crippen LogP contribution in [0.5, 0.6) is 5.75 Å². The highest BCUT2D eigenvalue weighted by Crippen LogP contribution is 2.33. The maximum atomic E-state index is 12.6. The lowest BCUT2D eigenvalue weighted by Gasteiger charge is -2.39. The molecule has 0 bridgehead atoms. The number of nitrogens with two attached hydrogens (primary N) is 1. The van der Waals surface area contributed by atoms with Crippen molar-refractivity contribution in [3.8, 4) is 16.9 Å². The molecule has 4 rings (SSSR count). The average molecular weight is 601 g/mol. The number of anilines is 1. The van der Waals surface area contributed by atoms with E-state index in [0.29, 0.717) is 41.0 Å². The third kappa shape index (κ3) is 7.45. The highest BCUT2D eigenvalue weighted by Gasteiger charge is 2.35. The second-order valence-electron chi connectivity index (χ2n) is 10.1. The number of amidine groups is 1. The average Bonchev–Trinajstić information content (AvgIpc) is 2.97. The van der Waals surface area contributed by atoms with Crippen molar-refractivity contribution in [2.45, 2.75) is 37.1 Å². The summed E-state index contributed by atoms with van der Waals surface area (Å²) in [6.07, 6.45) is -1.19. The number of nitrogens with zero attached hydrogens (tertiary/aromatic N) is 1. The first-order valence-electron chi connectivity index (χ1n) is 13.4. The molecule has 0 aliphatic heterocycles. The number of rotatable bonds is 9. The molecule has 1 atom stereocenters. The quantitative estimate of drug-likeness (QED) is 0.136. The van der Waals surface area contributed by atoms with Crippen LogP contribution in [-0.2, 0) is 16.4 Å². The molecule has 4 aromatic rings. The molecule has 5 N–H and O–H groups in total. The summed E-state index contributed by atoms with van der Waals surface area (Å²) < 4.78 is 29.4. The molecule has 0 aromatic heterocycles. The fourth-order valence-electron chi connectivity index (χ4n) is 4.83. The second-order valence-corrected chi connectivity index (χ2v) is 11.7. The molecule has 1 unspecified atom stereocenters. The summed E-state index contributed by atoms with van der Waals surface area (Å²) in [5.74, 6) is 0.183. The number of primary sulfonamides is 1. The van der Waals surface area contributed by atoms with Crippen molar-refractivity contribution >= 4 is 33.7 Å². The summed E-state index contributed by atoms with van der Waals surface area (Å²) in [6.45, 7) is 3.72. The van der Waals surface area contributed by atoms with E-state index < -0.39 is 27.7 Å². The van der Waals surface area contributed by atoms with Gasteiger partial charge in [-0.05, 0) is 67.3 Å². The minimum atomic E-state index is -3.96. The zero-order valence-corrected chi connectivity index (χ0v) is 24.5. The highest BCUT2D eigenvalue weighted by molar-refractivity contribution is 7.89.